The van der Waals surface area contributed by atoms with Crippen LogP contribution in [0.25, 0.3) is 0 Å². The third-order valence-electron chi connectivity index (χ3n) is 4.06. The minimum Gasteiger partial charge on any atom is -0.480 e. The number of aliphatic carboxylic acids is 1. The molecule has 2 fully saturated rings. The Hall–Kier alpha value is -0.610. The molecule has 1 atom stereocenters. The van der Waals surface area contributed by atoms with Crippen molar-refractivity contribution in [1.82, 2.24) is 5.32 Å². The Labute approximate surface area is 103 Å². The molecule has 98 valence electrons. The molecule has 1 aliphatic carbocycles. The zero-order valence-corrected chi connectivity index (χ0v) is 10.4. The van der Waals surface area contributed by atoms with Crippen LogP contribution in [0.5, 0.6) is 0 Å². The number of hydrogen-bond acceptors (Lipinski definition) is 3. The molecule has 1 aliphatic heterocycles. The van der Waals surface area contributed by atoms with Crippen LogP contribution in [-0.2, 0) is 9.53 Å². The Kier molecular flexibility index (Phi) is 4.40. The molecule has 1 unspecified atom stereocenters. The Morgan fingerprint density at radius 1 is 1.12 bits per heavy atom. The Morgan fingerprint density at radius 3 is 2.59 bits per heavy atom. The molecule has 1 saturated heterocycles. The van der Waals surface area contributed by atoms with Crippen LogP contribution in [-0.4, -0.2) is 35.9 Å². The van der Waals surface area contributed by atoms with Gasteiger partial charge in [0, 0.05) is 19.3 Å². The van der Waals surface area contributed by atoms with Crippen molar-refractivity contribution in [1.29, 1.82) is 0 Å². The molecule has 0 amide bonds. The van der Waals surface area contributed by atoms with Crippen molar-refractivity contribution in [2.24, 2.45) is 0 Å². The van der Waals surface area contributed by atoms with E-state index in [-0.39, 0.29) is 0 Å². The summed E-state index contributed by atoms with van der Waals surface area (Å²) in [6, 6.07) is 0.387. The average molecular weight is 241 g/mol. The molecule has 0 spiro atoms. The fraction of sp³-hybridized carbons (Fsp3) is 0.923. The molecule has 17 heavy (non-hydrogen) atoms. The third-order valence-corrected chi connectivity index (χ3v) is 4.06. The normalized spacial score (nSPS) is 32.0. The number of nitrogens with one attached hydrogen (secondary N) is 1. The topological polar surface area (TPSA) is 58.6 Å². The van der Waals surface area contributed by atoms with Crippen molar-refractivity contribution in [3.8, 4) is 0 Å². The Morgan fingerprint density at radius 2 is 1.88 bits per heavy atom. The zero-order chi connectivity index (χ0) is 12.1. The van der Waals surface area contributed by atoms with Crippen LogP contribution in [0.3, 0.4) is 0 Å². The summed E-state index contributed by atoms with van der Waals surface area (Å²) in [5.41, 5.74) is -0.738. The first-order chi connectivity index (χ1) is 8.23. The van der Waals surface area contributed by atoms with E-state index < -0.39 is 11.5 Å². The highest BCUT2D eigenvalue weighted by atomic mass is 16.5. The lowest BCUT2D eigenvalue weighted by Gasteiger charge is -2.35. The first kappa shape index (κ1) is 12.8. The summed E-state index contributed by atoms with van der Waals surface area (Å²) in [6.07, 6.45) is 8.12. The second-order valence-corrected chi connectivity index (χ2v) is 5.33. The van der Waals surface area contributed by atoms with Crippen LogP contribution in [0.1, 0.15) is 51.4 Å². The van der Waals surface area contributed by atoms with E-state index in [9.17, 15) is 9.90 Å². The van der Waals surface area contributed by atoms with E-state index in [1.807, 2.05) is 0 Å². The molecule has 1 heterocycles. The van der Waals surface area contributed by atoms with Gasteiger partial charge in [0.1, 0.15) is 5.54 Å². The van der Waals surface area contributed by atoms with Crippen molar-refractivity contribution >= 4 is 5.97 Å². The highest BCUT2D eigenvalue weighted by molar-refractivity contribution is 5.78. The maximum Gasteiger partial charge on any atom is 0.323 e. The second kappa shape index (κ2) is 5.83. The average Bonchev–Trinajstić information content (AvgIpc) is 2.57. The highest BCUT2D eigenvalue weighted by Crippen LogP contribution is 2.26. The molecule has 2 rings (SSSR count). The van der Waals surface area contributed by atoms with Crippen LogP contribution in [0.4, 0.5) is 0 Å². The first-order valence-corrected chi connectivity index (χ1v) is 6.82. The fourth-order valence-electron chi connectivity index (χ4n) is 3.01. The van der Waals surface area contributed by atoms with Crippen molar-refractivity contribution in [3.63, 3.8) is 0 Å². The monoisotopic (exact) mass is 241 g/mol. The van der Waals surface area contributed by atoms with E-state index in [0.29, 0.717) is 32.1 Å². The molecule has 4 nitrogen and oxygen atoms in total. The molecular weight excluding hydrogens is 218 g/mol. The van der Waals surface area contributed by atoms with Gasteiger partial charge >= 0.3 is 5.97 Å². The molecule has 0 aromatic rings. The number of carboxylic acids is 1. The summed E-state index contributed by atoms with van der Waals surface area (Å²) in [4.78, 5) is 11.6. The molecule has 0 radical (unpaired) electrons. The number of ether oxygens (including phenoxy) is 1. The van der Waals surface area contributed by atoms with Gasteiger partial charge in [0.2, 0.25) is 0 Å². The summed E-state index contributed by atoms with van der Waals surface area (Å²) in [5, 5.41) is 13.0. The van der Waals surface area contributed by atoms with Gasteiger partial charge in [0.15, 0.2) is 0 Å². The second-order valence-electron chi connectivity index (χ2n) is 5.33. The Balaban J connectivity index is 2.01. The molecule has 4 heteroatoms. The van der Waals surface area contributed by atoms with E-state index in [0.717, 1.165) is 19.3 Å². The van der Waals surface area contributed by atoms with Gasteiger partial charge in [-0.05, 0) is 32.1 Å². The predicted octanol–water partition coefficient (Wildman–Crippen LogP) is 1.93. The zero-order valence-electron chi connectivity index (χ0n) is 10.4. The van der Waals surface area contributed by atoms with Gasteiger partial charge < -0.3 is 9.84 Å². The van der Waals surface area contributed by atoms with Gasteiger partial charge in [-0.2, -0.15) is 0 Å². The molecule has 1 saturated carbocycles. The molecule has 2 aliphatic rings. The molecule has 0 bridgehead atoms. The maximum atomic E-state index is 11.6. The van der Waals surface area contributed by atoms with E-state index in [1.54, 1.807) is 0 Å². The summed E-state index contributed by atoms with van der Waals surface area (Å²) in [5.74, 6) is -0.700. The number of carboxylic acid groups (broad SMARTS) is 1. The third kappa shape index (κ3) is 3.19. The van der Waals surface area contributed by atoms with E-state index >= 15 is 0 Å². The lowest BCUT2D eigenvalue weighted by Crippen LogP contribution is -2.56. The molecule has 2 N–H and O–H groups in total. The summed E-state index contributed by atoms with van der Waals surface area (Å²) in [6.45, 7) is 1.26. The smallest absolute Gasteiger partial charge is 0.323 e. The lowest BCUT2D eigenvalue weighted by molar-refractivity contribution is -0.146. The quantitative estimate of drug-likeness (QED) is 0.792. The molecule has 0 aromatic heterocycles. The van der Waals surface area contributed by atoms with E-state index in [1.165, 1.54) is 19.3 Å². The standard InChI is InChI=1S/C13H23NO3/c15-12(16)13(7-4-9-17-10-8-13)14-11-5-2-1-3-6-11/h11,14H,1-10H2,(H,15,16). The van der Waals surface area contributed by atoms with Crippen molar-refractivity contribution in [3.05, 3.63) is 0 Å². The van der Waals surface area contributed by atoms with E-state index in [2.05, 4.69) is 5.32 Å². The van der Waals surface area contributed by atoms with Gasteiger partial charge in [-0.15, -0.1) is 0 Å². The number of rotatable bonds is 3. The summed E-state index contributed by atoms with van der Waals surface area (Å²) < 4.78 is 5.39. The van der Waals surface area contributed by atoms with Crippen LogP contribution in [0.2, 0.25) is 0 Å². The van der Waals surface area contributed by atoms with Gasteiger partial charge in [-0.25, -0.2) is 0 Å². The largest absolute Gasteiger partial charge is 0.480 e. The van der Waals surface area contributed by atoms with Crippen molar-refractivity contribution < 1.29 is 14.6 Å². The summed E-state index contributed by atoms with van der Waals surface area (Å²) >= 11 is 0. The number of hydrogen-bond donors (Lipinski definition) is 2. The van der Waals surface area contributed by atoms with Gasteiger partial charge in [-0.1, -0.05) is 19.3 Å². The minimum absolute atomic E-state index is 0.387. The summed E-state index contributed by atoms with van der Waals surface area (Å²) in [7, 11) is 0. The predicted molar refractivity (Wildman–Crippen MR) is 65.0 cm³/mol. The number of carbonyl (C=O) groups is 1. The van der Waals surface area contributed by atoms with Crippen LogP contribution < -0.4 is 5.32 Å². The molecular formula is C13H23NO3. The van der Waals surface area contributed by atoms with Crippen LogP contribution >= 0.6 is 0 Å². The lowest BCUT2D eigenvalue weighted by atomic mass is 9.86. The van der Waals surface area contributed by atoms with Gasteiger partial charge in [-0.3, -0.25) is 10.1 Å². The van der Waals surface area contributed by atoms with Crippen molar-refractivity contribution in [2.75, 3.05) is 13.2 Å². The highest BCUT2D eigenvalue weighted by Gasteiger charge is 2.40. The SMILES string of the molecule is O=C(O)C1(NC2CCCCC2)CCCOCC1. The van der Waals surface area contributed by atoms with E-state index in [4.69, 9.17) is 4.74 Å². The minimum atomic E-state index is -0.738. The van der Waals surface area contributed by atoms with Gasteiger partial charge in [0.05, 0.1) is 0 Å². The fourth-order valence-corrected chi connectivity index (χ4v) is 3.01. The van der Waals surface area contributed by atoms with Crippen LogP contribution in [0.15, 0.2) is 0 Å². The van der Waals surface area contributed by atoms with Crippen LogP contribution in [0, 0.1) is 0 Å². The van der Waals surface area contributed by atoms with Gasteiger partial charge in [0.25, 0.3) is 0 Å². The molecule has 0 aromatic carbocycles. The van der Waals surface area contributed by atoms with Crippen molar-refractivity contribution in [2.45, 2.75) is 62.9 Å². The first-order valence-electron chi connectivity index (χ1n) is 6.82. The maximum absolute atomic E-state index is 11.6. The Bertz CT molecular complexity index is 253.